The number of carbonyl (C=O) groups is 1. The van der Waals surface area contributed by atoms with Crippen LogP contribution in [0.2, 0.25) is 0 Å². The molecule has 0 aliphatic heterocycles. The number of rotatable bonds is 4. The Bertz CT molecular complexity index is 343. The minimum absolute atomic E-state index is 0.0694. The molecule has 0 bridgehead atoms. The van der Waals surface area contributed by atoms with Crippen LogP contribution in [0.25, 0.3) is 0 Å². The molecule has 0 spiro atoms. The van der Waals surface area contributed by atoms with Gasteiger partial charge in [0.05, 0.1) is 5.71 Å². The van der Waals surface area contributed by atoms with Crippen LogP contribution in [-0.4, -0.2) is 18.2 Å². The summed E-state index contributed by atoms with van der Waals surface area (Å²) in [5, 5.41) is 6.34. The Morgan fingerprint density at radius 1 is 1.33 bits per heavy atom. The second-order valence-corrected chi connectivity index (χ2v) is 3.23. The van der Waals surface area contributed by atoms with E-state index in [0.717, 1.165) is 11.4 Å². The minimum Gasteiger partial charge on any atom is -0.386 e. The summed E-state index contributed by atoms with van der Waals surface area (Å²) in [4.78, 5) is 16.1. The van der Waals surface area contributed by atoms with Gasteiger partial charge < -0.3 is 10.2 Å². The Kier molecular flexibility index (Phi) is 4.34. The predicted octanol–water partition coefficient (Wildman–Crippen LogP) is 2.04. The third-order valence-corrected chi connectivity index (χ3v) is 1.50. The molecule has 1 rings (SSSR count). The fraction of sp³-hybridized carbons (Fsp3) is 0.273. The van der Waals surface area contributed by atoms with Crippen molar-refractivity contribution in [2.75, 3.05) is 11.9 Å². The molecular formula is C11H14N2O2. The Morgan fingerprint density at radius 2 is 2.00 bits per heavy atom. The maximum absolute atomic E-state index is 11.3. The van der Waals surface area contributed by atoms with Crippen molar-refractivity contribution < 1.29 is 9.63 Å². The van der Waals surface area contributed by atoms with E-state index in [-0.39, 0.29) is 12.5 Å². The van der Waals surface area contributed by atoms with Crippen LogP contribution in [0.15, 0.2) is 35.5 Å². The van der Waals surface area contributed by atoms with Crippen LogP contribution < -0.4 is 5.32 Å². The van der Waals surface area contributed by atoms with Gasteiger partial charge in [0.25, 0.3) is 5.91 Å². The van der Waals surface area contributed by atoms with Gasteiger partial charge in [0.15, 0.2) is 6.61 Å². The summed E-state index contributed by atoms with van der Waals surface area (Å²) in [5.74, 6) is -0.216. The number of amides is 1. The van der Waals surface area contributed by atoms with Crippen molar-refractivity contribution in [3.63, 3.8) is 0 Å². The van der Waals surface area contributed by atoms with Crippen molar-refractivity contribution in [3.8, 4) is 0 Å². The Hall–Kier alpha value is -1.84. The zero-order valence-corrected chi connectivity index (χ0v) is 8.86. The van der Waals surface area contributed by atoms with E-state index in [2.05, 4.69) is 10.5 Å². The molecule has 0 unspecified atom stereocenters. The molecule has 0 radical (unpaired) electrons. The molecule has 0 saturated heterocycles. The highest BCUT2D eigenvalue weighted by atomic mass is 16.6. The van der Waals surface area contributed by atoms with Crippen LogP contribution in [0.1, 0.15) is 13.8 Å². The molecule has 1 aromatic rings. The molecule has 0 saturated carbocycles. The van der Waals surface area contributed by atoms with Gasteiger partial charge in [-0.3, -0.25) is 4.79 Å². The number of carbonyl (C=O) groups excluding carboxylic acids is 1. The summed E-state index contributed by atoms with van der Waals surface area (Å²) >= 11 is 0. The first-order valence-electron chi connectivity index (χ1n) is 4.66. The molecule has 0 fully saturated rings. The first kappa shape index (κ1) is 11.2. The molecule has 0 heterocycles. The minimum atomic E-state index is -0.216. The normalized spacial score (nSPS) is 9.20. The molecule has 1 aromatic carbocycles. The summed E-state index contributed by atoms with van der Waals surface area (Å²) < 4.78 is 0. The highest BCUT2D eigenvalue weighted by Gasteiger charge is 2.01. The molecule has 15 heavy (non-hydrogen) atoms. The lowest BCUT2D eigenvalue weighted by Gasteiger charge is -2.03. The summed E-state index contributed by atoms with van der Waals surface area (Å²) in [6, 6.07) is 9.21. The molecular weight excluding hydrogens is 192 g/mol. The molecule has 80 valence electrons. The number of nitrogens with zero attached hydrogens (tertiary/aromatic N) is 1. The third kappa shape index (κ3) is 4.81. The number of para-hydroxylation sites is 1. The van der Waals surface area contributed by atoms with E-state index < -0.39 is 0 Å². The molecule has 1 N–H and O–H groups in total. The van der Waals surface area contributed by atoms with Gasteiger partial charge in [-0.15, -0.1) is 0 Å². The fourth-order valence-electron chi connectivity index (χ4n) is 0.939. The van der Waals surface area contributed by atoms with Crippen molar-refractivity contribution in [1.29, 1.82) is 0 Å². The number of anilines is 1. The SMILES string of the molecule is CC(C)=NOCC(=O)Nc1ccccc1. The smallest absolute Gasteiger partial charge is 0.265 e. The Morgan fingerprint density at radius 3 is 2.60 bits per heavy atom. The summed E-state index contributed by atoms with van der Waals surface area (Å²) in [5.41, 5.74) is 1.53. The van der Waals surface area contributed by atoms with Gasteiger partial charge in [-0.05, 0) is 26.0 Å². The van der Waals surface area contributed by atoms with Crippen LogP contribution in [0.4, 0.5) is 5.69 Å². The van der Waals surface area contributed by atoms with Gasteiger partial charge in [0.1, 0.15) is 0 Å². The van der Waals surface area contributed by atoms with E-state index in [4.69, 9.17) is 4.84 Å². The number of nitrogens with one attached hydrogen (secondary N) is 1. The maximum Gasteiger partial charge on any atom is 0.265 e. The van der Waals surface area contributed by atoms with Crippen LogP contribution in [-0.2, 0) is 9.63 Å². The van der Waals surface area contributed by atoms with E-state index >= 15 is 0 Å². The molecule has 4 nitrogen and oxygen atoms in total. The molecule has 1 amide bonds. The number of oxime groups is 1. The monoisotopic (exact) mass is 206 g/mol. The van der Waals surface area contributed by atoms with Gasteiger partial charge in [-0.25, -0.2) is 0 Å². The van der Waals surface area contributed by atoms with Crippen LogP contribution >= 0.6 is 0 Å². The average molecular weight is 206 g/mol. The third-order valence-electron chi connectivity index (χ3n) is 1.50. The molecule has 0 aliphatic rings. The Labute approximate surface area is 88.9 Å². The lowest BCUT2D eigenvalue weighted by atomic mass is 10.3. The fourth-order valence-corrected chi connectivity index (χ4v) is 0.939. The van der Waals surface area contributed by atoms with Crippen molar-refractivity contribution in [1.82, 2.24) is 0 Å². The van der Waals surface area contributed by atoms with Crippen molar-refractivity contribution in [3.05, 3.63) is 30.3 Å². The summed E-state index contributed by atoms with van der Waals surface area (Å²) in [7, 11) is 0. The van der Waals surface area contributed by atoms with E-state index in [9.17, 15) is 4.79 Å². The molecule has 0 aromatic heterocycles. The number of hydrogen-bond acceptors (Lipinski definition) is 3. The second-order valence-electron chi connectivity index (χ2n) is 3.23. The highest BCUT2D eigenvalue weighted by Crippen LogP contribution is 2.04. The first-order valence-corrected chi connectivity index (χ1v) is 4.66. The van der Waals surface area contributed by atoms with Gasteiger partial charge >= 0.3 is 0 Å². The Balaban J connectivity index is 2.34. The summed E-state index contributed by atoms with van der Waals surface area (Å²) in [6.45, 7) is 3.53. The topological polar surface area (TPSA) is 50.7 Å². The zero-order chi connectivity index (χ0) is 11.1. The van der Waals surface area contributed by atoms with Crippen LogP contribution in [0.3, 0.4) is 0 Å². The second kappa shape index (κ2) is 5.80. The maximum atomic E-state index is 11.3. The first-order chi connectivity index (χ1) is 7.18. The standard InChI is InChI=1S/C11H14N2O2/c1-9(2)13-15-8-11(14)12-10-6-4-3-5-7-10/h3-7H,8H2,1-2H3,(H,12,14). The van der Waals surface area contributed by atoms with Gasteiger partial charge in [-0.2, -0.15) is 0 Å². The van der Waals surface area contributed by atoms with E-state index in [1.165, 1.54) is 0 Å². The van der Waals surface area contributed by atoms with Gasteiger partial charge in [-0.1, -0.05) is 23.4 Å². The van der Waals surface area contributed by atoms with Gasteiger partial charge in [0, 0.05) is 5.69 Å². The van der Waals surface area contributed by atoms with Crippen LogP contribution in [0, 0.1) is 0 Å². The predicted molar refractivity (Wildman–Crippen MR) is 59.8 cm³/mol. The van der Waals surface area contributed by atoms with Crippen molar-refractivity contribution in [2.45, 2.75) is 13.8 Å². The molecule has 4 heteroatoms. The largest absolute Gasteiger partial charge is 0.386 e. The van der Waals surface area contributed by atoms with Crippen molar-refractivity contribution >= 4 is 17.3 Å². The van der Waals surface area contributed by atoms with E-state index in [1.54, 1.807) is 13.8 Å². The zero-order valence-electron chi connectivity index (χ0n) is 8.86. The van der Waals surface area contributed by atoms with E-state index in [0.29, 0.717) is 0 Å². The molecule has 0 atom stereocenters. The van der Waals surface area contributed by atoms with Gasteiger partial charge in [0.2, 0.25) is 0 Å². The quantitative estimate of drug-likeness (QED) is 0.605. The van der Waals surface area contributed by atoms with Crippen molar-refractivity contribution in [2.24, 2.45) is 5.16 Å². The average Bonchev–Trinajstić information content (AvgIpc) is 2.18. The summed E-state index contributed by atoms with van der Waals surface area (Å²) in [6.07, 6.45) is 0. The number of benzene rings is 1. The van der Waals surface area contributed by atoms with Crippen LogP contribution in [0.5, 0.6) is 0 Å². The lowest BCUT2D eigenvalue weighted by molar-refractivity contribution is -0.120. The van der Waals surface area contributed by atoms with E-state index in [1.807, 2.05) is 30.3 Å². The number of hydrogen-bond donors (Lipinski definition) is 1. The molecule has 0 aliphatic carbocycles. The lowest BCUT2D eigenvalue weighted by Crippen LogP contribution is -2.17. The highest BCUT2D eigenvalue weighted by molar-refractivity contribution is 5.91.